The van der Waals surface area contributed by atoms with E-state index >= 15 is 0 Å². The Morgan fingerprint density at radius 3 is 1.00 bits per heavy atom. The second kappa shape index (κ2) is 57.0. The molecule has 0 amide bonds. The SMILES string of the molecule is [GeH4].[O]=[GeH2].[SiH4].[SiH4]. The molecule has 0 unspecified atom stereocenters. The molecular weight excluding hydrogens is 217 g/mol. The Hall–Kier alpha value is 1.32. The fourth-order valence-corrected chi connectivity index (χ4v) is 0. The first-order chi connectivity index (χ1) is 1.00. The predicted octanol–water partition coefficient (Wildman–Crippen LogP) is -5.39. The van der Waals surface area contributed by atoms with E-state index in [-0.39, 0.29) is 56.0 Å². The molecule has 0 atom stereocenters. The smallest absolute Gasteiger partial charge is 0.0149 e. The Morgan fingerprint density at radius 2 is 1.00 bits per heavy atom. The van der Waals surface area contributed by atoms with Crippen LogP contribution in [0.15, 0.2) is 0 Å². The maximum Gasteiger partial charge on any atom is -0.0149 e. The molecule has 5 heavy (non-hydrogen) atoms. The minimum atomic E-state index is 0. The summed E-state index contributed by atoms with van der Waals surface area (Å²) >= 11 is 0.125. The third kappa shape index (κ3) is 33.7. The van der Waals surface area contributed by atoms with Crippen LogP contribution in [0.2, 0.25) is 0 Å². The van der Waals surface area contributed by atoms with E-state index in [1.165, 1.54) is 0 Å². The van der Waals surface area contributed by atoms with Crippen LogP contribution in [0.25, 0.3) is 0 Å². The molecule has 5 heteroatoms. The fourth-order valence-electron chi connectivity index (χ4n) is 0. The van der Waals surface area contributed by atoms with Crippen molar-refractivity contribution < 1.29 is 3.78 Å². The van der Waals surface area contributed by atoms with Gasteiger partial charge in [-0.3, -0.25) is 0 Å². The second-order valence-electron chi connectivity index (χ2n) is 0. The molecule has 1 nitrogen and oxygen atoms in total. The van der Waals surface area contributed by atoms with Crippen LogP contribution < -0.4 is 0 Å². The molecule has 0 radical (unpaired) electrons. The van der Waals surface area contributed by atoms with Crippen LogP contribution >= 0.6 is 0 Å². The van der Waals surface area contributed by atoms with E-state index in [4.69, 9.17) is 3.78 Å². The summed E-state index contributed by atoms with van der Waals surface area (Å²) in [5.41, 5.74) is 0. The zero-order valence-electron chi connectivity index (χ0n) is 1.12. The van der Waals surface area contributed by atoms with E-state index in [2.05, 4.69) is 0 Å². The second-order valence-corrected chi connectivity index (χ2v) is 0. The Kier molecular flexibility index (Phi) is 379. The third-order valence-electron chi connectivity index (χ3n) is 0. The molecular formula is H14Ge2OSi2. The molecule has 0 aromatic rings. The molecule has 0 aliphatic carbocycles. The molecule has 0 rings (SSSR count). The van der Waals surface area contributed by atoms with Crippen LogP contribution in [0.5, 0.6) is 0 Å². The van der Waals surface area contributed by atoms with Crippen molar-refractivity contribution in [2.45, 2.75) is 0 Å². The van der Waals surface area contributed by atoms with E-state index in [9.17, 15) is 0 Å². The molecule has 0 aromatic heterocycles. The van der Waals surface area contributed by atoms with Gasteiger partial charge in [-0.15, -0.1) is 0 Å². The largest absolute Gasteiger partial charge is 0.0149 e. The minimum absolute atomic E-state index is 0. The summed E-state index contributed by atoms with van der Waals surface area (Å²) in [7, 11) is 0. The van der Waals surface area contributed by atoms with Crippen LogP contribution in [-0.4, -0.2) is 56.0 Å². The quantitative estimate of drug-likeness (QED) is 0.381. The molecule has 36 valence electrons. The zero-order valence-corrected chi connectivity index (χ0v) is 4.08. The Balaban J connectivity index is -0.00000000167. The summed E-state index contributed by atoms with van der Waals surface area (Å²) in [6, 6.07) is 0. The van der Waals surface area contributed by atoms with Crippen LogP contribution in [0.1, 0.15) is 0 Å². The number of rotatable bonds is 0. The predicted molar refractivity (Wildman–Crippen MR) is 43.2 cm³/mol. The van der Waals surface area contributed by atoms with Crippen molar-refractivity contribution in [2.75, 3.05) is 0 Å². The summed E-state index contributed by atoms with van der Waals surface area (Å²) in [4.78, 5) is 0. The summed E-state index contributed by atoms with van der Waals surface area (Å²) in [5.74, 6) is 0. The van der Waals surface area contributed by atoms with Crippen LogP contribution in [0.3, 0.4) is 0 Å². The molecule has 0 fully saturated rings. The van der Waals surface area contributed by atoms with Gasteiger partial charge in [0.2, 0.25) is 0 Å². The van der Waals surface area contributed by atoms with E-state index in [0.717, 1.165) is 0 Å². The number of hydrogen-bond donors (Lipinski definition) is 0. The van der Waals surface area contributed by atoms with Crippen LogP contribution in [-0.2, 0) is 3.78 Å². The maximum absolute atomic E-state index is 8.38. The summed E-state index contributed by atoms with van der Waals surface area (Å²) in [6.07, 6.45) is 0. The molecule has 0 spiro atoms. The van der Waals surface area contributed by atoms with Gasteiger partial charge in [0.05, 0.1) is 0 Å². The van der Waals surface area contributed by atoms with Gasteiger partial charge in [0.25, 0.3) is 0 Å². The fraction of sp³-hybridized carbons (Fsp3) is 0. The average molecular weight is 232 g/mol. The minimum Gasteiger partial charge on any atom is -0.0149 e. The Morgan fingerprint density at radius 1 is 1.00 bits per heavy atom. The van der Waals surface area contributed by atoms with Crippen LogP contribution in [0, 0.1) is 0 Å². The first-order valence-corrected chi connectivity index (χ1v) is 1.50. The van der Waals surface area contributed by atoms with Gasteiger partial charge in [0.1, 0.15) is 0 Å². The standard InChI is InChI=1S/GeH2O.GeH4.2H4Si/c1-2;;;/h1H2;3*1H4. The van der Waals surface area contributed by atoms with Crippen molar-refractivity contribution in [3.05, 3.63) is 0 Å². The van der Waals surface area contributed by atoms with Gasteiger partial charge in [-0.2, -0.15) is 0 Å². The van der Waals surface area contributed by atoms with Crippen molar-refractivity contribution in [3.8, 4) is 0 Å². The van der Waals surface area contributed by atoms with Crippen molar-refractivity contribution in [1.29, 1.82) is 0 Å². The summed E-state index contributed by atoms with van der Waals surface area (Å²) < 4.78 is 8.38. The van der Waals surface area contributed by atoms with E-state index in [1.807, 2.05) is 0 Å². The van der Waals surface area contributed by atoms with Crippen LogP contribution in [0.4, 0.5) is 0 Å². The summed E-state index contributed by atoms with van der Waals surface area (Å²) in [5, 5.41) is 0. The van der Waals surface area contributed by atoms with Crippen molar-refractivity contribution in [1.82, 2.24) is 0 Å². The van der Waals surface area contributed by atoms with E-state index < -0.39 is 0 Å². The van der Waals surface area contributed by atoms with Gasteiger partial charge in [0.15, 0.2) is 0 Å². The molecule has 0 heterocycles. The van der Waals surface area contributed by atoms with E-state index in [1.54, 1.807) is 0 Å². The van der Waals surface area contributed by atoms with Crippen molar-refractivity contribution in [2.24, 2.45) is 0 Å². The first kappa shape index (κ1) is 33.2. The molecule has 0 bridgehead atoms. The van der Waals surface area contributed by atoms with Gasteiger partial charge < -0.3 is 0 Å². The zero-order chi connectivity index (χ0) is 2.00. The van der Waals surface area contributed by atoms with E-state index in [0.29, 0.717) is 0 Å². The molecule has 0 aliphatic rings. The van der Waals surface area contributed by atoms with Gasteiger partial charge >= 0.3 is 37.8 Å². The molecule has 0 aliphatic heterocycles. The average Bonchev–Trinajstić information content (AvgIpc) is 1.00. The first-order valence-electron chi connectivity index (χ1n) is 0.289. The van der Waals surface area contributed by atoms with Gasteiger partial charge in [-0.25, -0.2) is 0 Å². The molecule has 0 N–H and O–H groups in total. The van der Waals surface area contributed by atoms with Gasteiger partial charge in [0, 0.05) is 0 Å². The topological polar surface area (TPSA) is 17.1 Å². The van der Waals surface area contributed by atoms with Crippen molar-refractivity contribution in [3.63, 3.8) is 0 Å². The molecule has 0 aromatic carbocycles. The monoisotopic (exact) mass is 234 g/mol. The Bertz CT molecular complexity index is 7.61. The normalized spacial score (nSPS) is 0.800. The Labute approximate surface area is 59.7 Å². The number of hydrogen-bond acceptors (Lipinski definition) is 1. The summed E-state index contributed by atoms with van der Waals surface area (Å²) in [6.45, 7) is 0. The molecule has 0 saturated carbocycles. The third-order valence-corrected chi connectivity index (χ3v) is 0. The maximum atomic E-state index is 8.38. The van der Waals surface area contributed by atoms with Crippen molar-refractivity contribution >= 4 is 56.0 Å². The van der Waals surface area contributed by atoms with Gasteiger partial charge in [-0.05, 0) is 21.9 Å². The molecule has 0 saturated heterocycles. The van der Waals surface area contributed by atoms with Gasteiger partial charge in [-0.1, -0.05) is 0 Å².